The molecule has 0 unspecified atom stereocenters. The highest BCUT2D eigenvalue weighted by Crippen LogP contribution is 2.39. The predicted octanol–water partition coefficient (Wildman–Crippen LogP) is 5.63. The summed E-state index contributed by atoms with van der Waals surface area (Å²) >= 11 is 0. The van der Waals surface area contributed by atoms with Crippen molar-refractivity contribution in [1.29, 1.82) is 0 Å². The topological polar surface area (TPSA) is 17.1 Å². The van der Waals surface area contributed by atoms with E-state index in [1.54, 1.807) is 48.6 Å². The zero-order valence-corrected chi connectivity index (χ0v) is 13.7. The molecular formula is C23H14F2O. The number of benzene rings is 3. The van der Waals surface area contributed by atoms with Crippen LogP contribution < -0.4 is 0 Å². The smallest absolute Gasteiger partial charge is 0.194 e. The van der Waals surface area contributed by atoms with Gasteiger partial charge in [-0.25, -0.2) is 8.78 Å². The third-order valence-electron chi connectivity index (χ3n) is 4.41. The molecule has 4 rings (SSSR count). The summed E-state index contributed by atoms with van der Waals surface area (Å²) in [7, 11) is 0. The number of fused-ring (bicyclic) bond motifs is 1. The zero-order chi connectivity index (χ0) is 18.1. The first-order valence-electron chi connectivity index (χ1n) is 8.22. The average Bonchev–Trinajstić information content (AvgIpc) is 2.91. The van der Waals surface area contributed by atoms with E-state index in [2.05, 4.69) is 0 Å². The predicted molar refractivity (Wildman–Crippen MR) is 100.0 cm³/mol. The Morgan fingerprint density at radius 1 is 0.577 bits per heavy atom. The molecule has 1 aliphatic rings. The first-order valence-corrected chi connectivity index (χ1v) is 8.22. The molecule has 0 fully saturated rings. The van der Waals surface area contributed by atoms with Crippen LogP contribution >= 0.6 is 0 Å². The van der Waals surface area contributed by atoms with Crippen molar-refractivity contribution < 1.29 is 13.6 Å². The maximum atomic E-state index is 14.0. The number of allylic oxidation sites excluding steroid dienone is 2. The summed E-state index contributed by atoms with van der Waals surface area (Å²) in [5, 5.41) is 0. The van der Waals surface area contributed by atoms with Crippen LogP contribution in [-0.4, -0.2) is 5.78 Å². The highest BCUT2D eigenvalue weighted by Gasteiger charge is 2.29. The summed E-state index contributed by atoms with van der Waals surface area (Å²) in [6, 6.07) is 19.9. The monoisotopic (exact) mass is 344 g/mol. The first-order chi connectivity index (χ1) is 12.6. The molecule has 0 heterocycles. The molecule has 0 N–H and O–H groups in total. The van der Waals surface area contributed by atoms with Gasteiger partial charge in [-0.15, -0.1) is 0 Å². The quantitative estimate of drug-likeness (QED) is 0.551. The number of hydrogen-bond acceptors (Lipinski definition) is 1. The number of rotatable bonds is 2. The number of ketones is 1. The van der Waals surface area contributed by atoms with Crippen LogP contribution in [0.4, 0.5) is 8.78 Å². The average molecular weight is 344 g/mol. The fourth-order valence-electron chi connectivity index (χ4n) is 3.12. The van der Waals surface area contributed by atoms with Crippen molar-refractivity contribution in [2.75, 3.05) is 0 Å². The molecule has 0 spiro atoms. The SMILES string of the molecule is O=C1/C(=C\c2ccccc2F)c2ccccc2/C1=C\c1ccccc1F. The summed E-state index contributed by atoms with van der Waals surface area (Å²) in [5.41, 5.74) is 2.96. The fraction of sp³-hybridized carbons (Fsp3) is 0. The number of carbonyl (C=O) groups excluding carboxylic acids is 1. The number of halogens is 2. The van der Waals surface area contributed by atoms with Gasteiger partial charge in [0.2, 0.25) is 0 Å². The van der Waals surface area contributed by atoms with Gasteiger partial charge in [-0.05, 0) is 35.4 Å². The molecule has 3 aromatic carbocycles. The van der Waals surface area contributed by atoms with Crippen molar-refractivity contribution in [3.63, 3.8) is 0 Å². The third-order valence-corrected chi connectivity index (χ3v) is 4.41. The van der Waals surface area contributed by atoms with Gasteiger partial charge in [-0.1, -0.05) is 60.7 Å². The molecule has 3 aromatic rings. The minimum absolute atomic E-state index is 0.238. The van der Waals surface area contributed by atoms with Gasteiger partial charge < -0.3 is 0 Å². The standard InChI is InChI=1S/C23H14F2O/c24-21-11-5-1-7-15(21)13-19-17-9-3-4-10-18(17)20(23(19)26)14-16-8-2-6-12-22(16)25/h1-14H/b19-13-,20-14+. The van der Waals surface area contributed by atoms with Crippen LogP contribution in [0.1, 0.15) is 22.3 Å². The second-order valence-corrected chi connectivity index (χ2v) is 6.03. The van der Waals surface area contributed by atoms with Gasteiger partial charge in [0.05, 0.1) is 0 Å². The van der Waals surface area contributed by atoms with Crippen LogP contribution in [0.3, 0.4) is 0 Å². The highest BCUT2D eigenvalue weighted by molar-refractivity contribution is 6.51. The number of carbonyl (C=O) groups is 1. The van der Waals surface area contributed by atoms with Crippen LogP contribution in [0, 0.1) is 11.6 Å². The second-order valence-electron chi connectivity index (χ2n) is 6.03. The number of Topliss-reactive ketones (excluding diaryl/α,β-unsaturated/α-hetero) is 1. The lowest BCUT2D eigenvalue weighted by Gasteiger charge is -2.00. The summed E-state index contributed by atoms with van der Waals surface area (Å²) in [6.45, 7) is 0. The minimum Gasteiger partial charge on any atom is -0.289 e. The van der Waals surface area contributed by atoms with E-state index in [1.165, 1.54) is 12.1 Å². The Hall–Kier alpha value is -3.33. The molecule has 0 radical (unpaired) electrons. The summed E-state index contributed by atoms with van der Waals surface area (Å²) in [5.74, 6) is -1.02. The second kappa shape index (κ2) is 6.52. The Morgan fingerprint density at radius 2 is 0.962 bits per heavy atom. The van der Waals surface area contributed by atoms with E-state index >= 15 is 0 Å². The van der Waals surface area contributed by atoms with Crippen LogP contribution in [0.5, 0.6) is 0 Å². The maximum absolute atomic E-state index is 14.0. The van der Waals surface area contributed by atoms with Gasteiger partial charge in [0, 0.05) is 22.3 Å². The van der Waals surface area contributed by atoms with Crippen molar-refractivity contribution in [2.24, 2.45) is 0 Å². The minimum atomic E-state index is -0.392. The van der Waals surface area contributed by atoms with Crippen molar-refractivity contribution >= 4 is 29.1 Å². The Labute approximate surface area is 149 Å². The van der Waals surface area contributed by atoms with Gasteiger partial charge in [0.15, 0.2) is 5.78 Å². The summed E-state index contributed by atoms with van der Waals surface area (Å²) in [6.07, 6.45) is 3.11. The number of hydrogen-bond donors (Lipinski definition) is 0. The largest absolute Gasteiger partial charge is 0.289 e. The van der Waals surface area contributed by atoms with Crippen LogP contribution in [0.2, 0.25) is 0 Å². The third kappa shape index (κ3) is 2.78. The van der Waals surface area contributed by atoms with E-state index in [1.807, 2.05) is 24.3 Å². The summed E-state index contributed by atoms with van der Waals surface area (Å²) < 4.78 is 28.0. The lowest BCUT2D eigenvalue weighted by molar-refractivity contribution is -0.108. The van der Waals surface area contributed by atoms with E-state index in [-0.39, 0.29) is 5.78 Å². The van der Waals surface area contributed by atoms with Gasteiger partial charge >= 0.3 is 0 Å². The van der Waals surface area contributed by atoms with Gasteiger partial charge in [-0.3, -0.25) is 4.79 Å². The van der Waals surface area contributed by atoms with Crippen LogP contribution in [0.25, 0.3) is 23.3 Å². The Kier molecular flexibility index (Phi) is 4.05. The van der Waals surface area contributed by atoms with E-state index < -0.39 is 11.6 Å². The Balaban J connectivity index is 1.89. The summed E-state index contributed by atoms with van der Waals surface area (Å²) in [4.78, 5) is 13.0. The normalized spacial score (nSPS) is 16.3. The van der Waals surface area contributed by atoms with Crippen molar-refractivity contribution in [3.05, 3.63) is 107 Å². The molecule has 3 heteroatoms. The lowest BCUT2D eigenvalue weighted by atomic mass is 10.0. The van der Waals surface area contributed by atoms with E-state index in [0.717, 1.165) is 11.1 Å². The molecule has 0 saturated carbocycles. The fourth-order valence-corrected chi connectivity index (χ4v) is 3.12. The molecule has 0 amide bonds. The van der Waals surface area contributed by atoms with E-state index in [4.69, 9.17) is 0 Å². The van der Waals surface area contributed by atoms with Crippen molar-refractivity contribution in [3.8, 4) is 0 Å². The molecule has 126 valence electrons. The Morgan fingerprint density at radius 3 is 1.38 bits per heavy atom. The molecule has 26 heavy (non-hydrogen) atoms. The van der Waals surface area contributed by atoms with Crippen molar-refractivity contribution in [2.45, 2.75) is 0 Å². The molecular weight excluding hydrogens is 330 g/mol. The molecule has 0 bridgehead atoms. The van der Waals surface area contributed by atoms with Crippen LogP contribution in [-0.2, 0) is 4.79 Å². The maximum Gasteiger partial charge on any atom is 0.194 e. The molecule has 1 nitrogen and oxygen atoms in total. The van der Waals surface area contributed by atoms with Gasteiger partial charge in [-0.2, -0.15) is 0 Å². The van der Waals surface area contributed by atoms with Crippen molar-refractivity contribution in [1.82, 2.24) is 0 Å². The molecule has 1 aliphatic carbocycles. The highest BCUT2D eigenvalue weighted by atomic mass is 19.1. The first kappa shape index (κ1) is 16.2. The molecule has 0 saturated heterocycles. The van der Waals surface area contributed by atoms with E-state index in [0.29, 0.717) is 22.3 Å². The molecule has 0 aromatic heterocycles. The zero-order valence-electron chi connectivity index (χ0n) is 13.7. The molecule has 0 aliphatic heterocycles. The lowest BCUT2D eigenvalue weighted by Crippen LogP contribution is -1.95. The van der Waals surface area contributed by atoms with Crippen LogP contribution in [0.15, 0.2) is 72.8 Å². The van der Waals surface area contributed by atoms with Gasteiger partial charge in [0.25, 0.3) is 0 Å². The van der Waals surface area contributed by atoms with E-state index in [9.17, 15) is 13.6 Å². The Bertz CT molecular complexity index is 992. The molecule has 0 atom stereocenters. The van der Waals surface area contributed by atoms with Gasteiger partial charge in [0.1, 0.15) is 11.6 Å².